The van der Waals surface area contributed by atoms with Crippen LogP contribution < -0.4 is 21.3 Å². The van der Waals surface area contributed by atoms with Crippen LogP contribution in [0, 0.1) is 0 Å². The molecule has 376 valence electrons. The summed E-state index contributed by atoms with van der Waals surface area (Å²) in [4.78, 5) is 61.0. The largest absolute Gasteiger partial charge is 0.477 e. The summed E-state index contributed by atoms with van der Waals surface area (Å²) in [5.41, 5.74) is 0.637. The molecule has 2 aliphatic heterocycles. The second-order valence-electron chi connectivity index (χ2n) is 15.6. The number of rotatable bonds is 28. The minimum Gasteiger partial charge on any atom is -0.477 e. The van der Waals surface area contributed by atoms with Crippen molar-refractivity contribution in [1.29, 1.82) is 0 Å². The van der Waals surface area contributed by atoms with E-state index in [1.165, 1.54) is 47.8 Å². The number of carbonyl (C=O) groups is 5. The summed E-state index contributed by atoms with van der Waals surface area (Å²) in [5.74, 6) is -6.24. The molecule has 2 saturated heterocycles. The average Bonchev–Trinajstić information content (AvgIpc) is 3.28. The number of aliphatic hydroxyl groups excluding tert-OH is 9. The molecule has 0 unspecified atom stereocenters. The molecule has 0 aromatic heterocycles. The van der Waals surface area contributed by atoms with Crippen LogP contribution in [0.15, 0.2) is 24.3 Å². The standard InChI is InChI=1S/C40H64N4O20S2/c1-21(47)43-29-25(49)17-39(37(57)58,63-33(29)31(53)27(51)19-45)61-11-3-13-65-15-9-41-35(55)23-5-7-24(8-6-23)36(56)42-10-16-66-14-4-12-62-40(38(59)60)18-26(50)30(44-22(2)48)34(64-40)32(54)28(52)20-46/h5-8,25-34,37,45-46,49-54,57-58H,3-4,9-20H2,1-2H3,(H,41,55)(H,42,56)(H,43,47)(H,44,48)(H,59,60)/t25-,26-,27+,28+,29+,30+,31+,32+,33+,34+,39+,40+/m0/s1. The van der Waals surface area contributed by atoms with E-state index in [2.05, 4.69) is 21.3 Å². The van der Waals surface area contributed by atoms with Gasteiger partial charge in [0.15, 0.2) is 0 Å². The Morgan fingerprint density at radius 2 is 1.11 bits per heavy atom. The number of benzene rings is 1. The predicted molar refractivity (Wildman–Crippen MR) is 233 cm³/mol. The molecule has 0 radical (unpaired) electrons. The van der Waals surface area contributed by atoms with Crippen LogP contribution in [0.3, 0.4) is 0 Å². The Morgan fingerprint density at radius 1 is 0.682 bits per heavy atom. The molecule has 1 aromatic rings. The Labute approximate surface area is 388 Å². The topological polar surface area (TPSA) is 393 Å². The van der Waals surface area contributed by atoms with E-state index in [0.717, 1.165) is 13.8 Å². The summed E-state index contributed by atoms with van der Waals surface area (Å²) in [6, 6.07) is 3.44. The monoisotopic (exact) mass is 984 g/mol. The third-order valence-corrected chi connectivity index (χ3v) is 12.6. The molecule has 26 heteroatoms. The fourth-order valence-electron chi connectivity index (χ4n) is 7.08. The van der Waals surface area contributed by atoms with Crippen molar-refractivity contribution in [2.75, 3.05) is 62.5 Å². The molecule has 0 saturated carbocycles. The molecule has 12 atom stereocenters. The van der Waals surface area contributed by atoms with Crippen molar-refractivity contribution in [3.63, 3.8) is 0 Å². The lowest BCUT2D eigenvalue weighted by Gasteiger charge is -2.49. The van der Waals surface area contributed by atoms with Crippen LogP contribution in [0.25, 0.3) is 0 Å². The lowest BCUT2D eigenvalue weighted by molar-refractivity contribution is -0.382. The van der Waals surface area contributed by atoms with Crippen LogP contribution in [0.5, 0.6) is 0 Å². The van der Waals surface area contributed by atoms with E-state index in [-0.39, 0.29) is 31.6 Å². The minimum atomic E-state index is -2.42. The smallest absolute Gasteiger partial charge is 0.364 e. The van der Waals surface area contributed by atoms with E-state index in [9.17, 15) is 80.1 Å². The molecule has 4 amide bonds. The van der Waals surface area contributed by atoms with Gasteiger partial charge in [0.25, 0.3) is 17.6 Å². The van der Waals surface area contributed by atoms with E-state index in [1.54, 1.807) is 0 Å². The van der Waals surface area contributed by atoms with E-state index >= 15 is 0 Å². The van der Waals surface area contributed by atoms with E-state index in [0.29, 0.717) is 53.5 Å². The minimum absolute atomic E-state index is 0.0884. The number of nitrogens with one attached hydrogen (secondary N) is 4. The van der Waals surface area contributed by atoms with Gasteiger partial charge in [0.2, 0.25) is 23.9 Å². The lowest BCUT2D eigenvalue weighted by atomic mass is 9.88. The molecule has 2 heterocycles. The molecule has 0 bridgehead atoms. The number of carboxylic acids is 1. The first-order valence-corrected chi connectivity index (χ1v) is 23.4. The number of carbonyl (C=O) groups excluding carboxylic acids is 4. The maximum Gasteiger partial charge on any atom is 0.364 e. The first kappa shape index (κ1) is 57.0. The summed E-state index contributed by atoms with van der Waals surface area (Å²) >= 11 is 2.88. The summed E-state index contributed by atoms with van der Waals surface area (Å²) in [6.45, 7) is 0.845. The van der Waals surface area contributed by atoms with E-state index in [1.807, 2.05) is 0 Å². The van der Waals surface area contributed by atoms with Gasteiger partial charge in [-0.15, -0.1) is 0 Å². The average molecular weight is 985 g/mol. The van der Waals surface area contributed by atoms with E-state index in [4.69, 9.17) is 18.9 Å². The summed E-state index contributed by atoms with van der Waals surface area (Å²) < 4.78 is 22.5. The van der Waals surface area contributed by atoms with Crippen LogP contribution in [0.4, 0.5) is 0 Å². The SMILES string of the molecule is CC(=O)N[C@H]1[C@H]([C@H](O)[C@H](O)CO)O[C@@](OCCCSCCNC(=O)c2ccc(C(=O)NCCSCCCO[C@]3(C(O)O)C[C@H](O)[C@@H](NC(C)=O)[C@H]([C@H](O)[C@H](O)CO)O3)cc2)(C(=O)O)C[C@@H]1O. The molecule has 24 nitrogen and oxygen atoms in total. The highest BCUT2D eigenvalue weighted by Crippen LogP contribution is 2.36. The molecule has 15 N–H and O–H groups in total. The van der Waals surface area contributed by atoms with Gasteiger partial charge in [0.05, 0.1) is 50.7 Å². The van der Waals surface area contributed by atoms with Crippen molar-refractivity contribution in [3.8, 4) is 0 Å². The Bertz CT molecular complexity index is 1700. The first-order chi connectivity index (χ1) is 31.2. The molecule has 2 fully saturated rings. The highest BCUT2D eigenvalue weighted by atomic mass is 32.2. The van der Waals surface area contributed by atoms with Crippen molar-refractivity contribution in [2.45, 2.75) is 118 Å². The number of amides is 4. The van der Waals surface area contributed by atoms with Gasteiger partial charge in [-0.2, -0.15) is 23.5 Å². The zero-order chi connectivity index (χ0) is 49.2. The van der Waals surface area contributed by atoms with Gasteiger partial charge in [-0.05, 0) is 48.6 Å². The maximum atomic E-state index is 12.7. The third kappa shape index (κ3) is 16.4. The Morgan fingerprint density at radius 3 is 1.52 bits per heavy atom. The van der Waals surface area contributed by atoms with Crippen LogP contribution in [-0.4, -0.2) is 227 Å². The molecule has 2 aliphatic rings. The Hall–Kier alpha value is -3.29. The fraction of sp³-hybridized carbons (Fsp3) is 0.725. The number of aliphatic hydroxyl groups is 10. The van der Waals surface area contributed by atoms with Gasteiger partial charge in [-0.25, -0.2) is 4.79 Å². The van der Waals surface area contributed by atoms with Gasteiger partial charge in [-0.3, -0.25) is 19.2 Å². The van der Waals surface area contributed by atoms with Gasteiger partial charge in [-0.1, -0.05) is 0 Å². The van der Waals surface area contributed by atoms with Crippen LogP contribution >= 0.6 is 23.5 Å². The van der Waals surface area contributed by atoms with Gasteiger partial charge >= 0.3 is 5.97 Å². The van der Waals surface area contributed by atoms with Gasteiger partial charge in [0, 0.05) is 62.4 Å². The summed E-state index contributed by atoms with van der Waals surface area (Å²) in [5, 5.41) is 122. The number of carboxylic acid groups (broad SMARTS) is 1. The summed E-state index contributed by atoms with van der Waals surface area (Å²) in [7, 11) is 0. The maximum absolute atomic E-state index is 12.7. The molecule has 1 aromatic carbocycles. The van der Waals surface area contributed by atoms with Crippen LogP contribution in [0.1, 0.15) is 60.2 Å². The highest BCUT2D eigenvalue weighted by molar-refractivity contribution is 7.99. The molecular weight excluding hydrogens is 921 g/mol. The number of hydrogen-bond donors (Lipinski definition) is 15. The van der Waals surface area contributed by atoms with E-state index < -0.39 is 123 Å². The Kier molecular flexibility index (Phi) is 23.9. The molecule has 0 spiro atoms. The van der Waals surface area contributed by atoms with Gasteiger partial charge in [0.1, 0.15) is 36.6 Å². The zero-order valence-corrected chi connectivity index (χ0v) is 38.1. The first-order valence-electron chi connectivity index (χ1n) is 21.1. The predicted octanol–water partition coefficient (Wildman–Crippen LogP) is -5.05. The second-order valence-corrected chi connectivity index (χ2v) is 18.1. The number of aliphatic carboxylic acids is 1. The van der Waals surface area contributed by atoms with Crippen LogP contribution in [-0.2, 0) is 33.3 Å². The van der Waals surface area contributed by atoms with Crippen molar-refractivity contribution in [3.05, 3.63) is 35.4 Å². The fourth-order valence-corrected chi connectivity index (χ4v) is 8.63. The molecule has 0 aliphatic carbocycles. The van der Waals surface area contributed by atoms with Crippen LogP contribution in [0.2, 0.25) is 0 Å². The number of thioether (sulfide) groups is 2. The third-order valence-electron chi connectivity index (χ3n) is 10.5. The van der Waals surface area contributed by atoms with Crippen molar-refractivity contribution in [2.24, 2.45) is 0 Å². The number of ether oxygens (including phenoxy) is 4. The van der Waals surface area contributed by atoms with Crippen molar-refractivity contribution in [1.82, 2.24) is 21.3 Å². The van der Waals surface area contributed by atoms with Crippen molar-refractivity contribution >= 4 is 53.1 Å². The van der Waals surface area contributed by atoms with Gasteiger partial charge < -0.3 is 96.4 Å². The zero-order valence-electron chi connectivity index (χ0n) is 36.5. The lowest BCUT2D eigenvalue weighted by Crippen LogP contribution is -2.68. The Balaban J connectivity index is 1.34. The highest BCUT2D eigenvalue weighted by Gasteiger charge is 2.56. The van der Waals surface area contributed by atoms with Crippen molar-refractivity contribution < 1.29 is 99.1 Å². The quantitative estimate of drug-likeness (QED) is 0.0276. The second kappa shape index (κ2) is 27.6. The summed E-state index contributed by atoms with van der Waals surface area (Å²) in [6.07, 6.45) is -16.2. The number of hydrogen-bond acceptors (Lipinski definition) is 21. The molecule has 3 rings (SSSR count). The molecular formula is C40H64N4O20S2. The molecule has 66 heavy (non-hydrogen) atoms. The normalized spacial score (nSPS) is 27.3.